The highest BCUT2D eigenvalue weighted by Crippen LogP contribution is 2.64. The van der Waals surface area contributed by atoms with E-state index in [4.69, 9.17) is 0 Å². The topological polar surface area (TPSA) is 8.17 Å². The molecule has 322 valence electrons. The van der Waals surface area contributed by atoms with Gasteiger partial charge in [-0.05, 0) is 127 Å². The van der Waals surface area contributed by atoms with Gasteiger partial charge in [0.25, 0.3) is 0 Å². The van der Waals surface area contributed by atoms with Gasteiger partial charge in [-0.2, -0.15) is 0 Å². The molecule has 1 spiro atoms. The van der Waals surface area contributed by atoms with E-state index >= 15 is 0 Å². The molecule has 2 nitrogen and oxygen atoms in total. The smallest absolute Gasteiger partial charge is 0.0726 e. The van der Waals surface area contributed by atoms with Crippen LogP contribution in [0.15, 0.2) is 267 Å². The van der Waals surface area contributed by atoms with Crippen molar-refractivity contribution in [1.82, 2.24) is 4.57 Å². The molecule has 1 aromatic heterocycles. The van der Waals surface area contributed by atoms with Crippen LogP contribution in [0.4, 0.5) is 17.1 Å². The molecule has 0 saturated heterocycles. The second-order valence-corrected chi connectivity index (χ2v) is 18.4. The summed E-state index contributed by atoms with van der Waals surface area (Å²) in [6.07, 6.45) is 0. The minimum atomic E-state index is -0.442. The van der Waals surface area contributed by atoms with Crippen LogP contribution in [0.5, 0.6) is 0 Å². The van der Waals surface area contributed by atoms with E-state index in [0.29, 0.717) is 0 Å². The van der Waals surface area contributed by atoms with Gasteiger partial charge in [0.2, 0.25) is 0 Å². The lowest BCUT2D eigenvalue weighted by Crippen LogP contribution is -2.26. The highest BCUT2D eigenvalue weighted by Gasteiger charge is 2.52. The van der Waals surface area contributed by atoms with Gasteiger partial charge in [-0.1, -0.05) is 212 Å². The number of anilines is 3. The zero-order valence-corrected chi connectivity index (χ0v) is 37.8. The first-order valence-electron chi connectivity index (χ1n) is 23.9. The second-order valence-electron chi connectivity index (χ2n) is 18.4. The summed E-state index contributed by atoms with van der Waals surface area (Å²) in [5.41, 5.74) is 24.1. The minimum absolute atomic E-state index is 0.442. The molecule has 2 aliphatic rings. The van der Waals surface area contributed by atoms with Gasteiger partial charge in [-0.15, -0.1) is 0 Å². The number of fused-ring (bicyclic) bond motifs is 13. The monoisotopic (exact) mass is 876 g/mol. The summed E-state index contributed by atoms with van der Waals surface area (Å²) in [6, 6.07) is 98.4. The van der Waals surface area contributed by atoms with Gasteiger partial charge in [-0.25, -0.2) is 0 Å². The largest absolute Gasteiger partial charge is 0.310 e. The number of rotatable bonds is 7. The van der Waals surface area contributed by atoms with Crippen molar-refractivity contribution in [2.75, 3.05) is 4.90 Å². The van der Waals surface area contributed by atoms with Crippen LogP contribution in [-0.4, -0.2) is 4.57 Å². The third-order valence-corrected chi connectivity index (χ3v) is 14.8. The third-order valence-electron chi connectivity index (χ3n) is 14.8. The summed E-state index contributed by atoms with van der Waals surface area (Å²) in [5.74, 6) is 0. The van der Waals surface area contributed by atoms with Crippen LogP contribution >= 0.6 is 0 Å². The Morgan fingerprint density at radius 1 is 0.304 bits per heavy atom. The molecule has 0 saturated carbocycles. The number of aromatic nitrogens is 1. The molecule has 0 radical (unpaired) electrons. The van der Waals surface area contributed by atoms with Crippen LogP contribution in [0.1, 0.15) is 22.3 Å². The number of benzene rings is 11. The van der Waals surface area contributed by atoms with E-state index < -0.39 is 5.41 Å². The molecule has 11 aromatic carbocycles. The van der Waals surface area contributed by atoms with Crippen LogP contribution in [-0.2, 0) is 5.41 Å². The first-order valence-corrected chi connectivity index (χ1v) is 23.9. The maximum atomic E-state index is 2.48. The van der Waals surface area contributed by atoms with E-state index in [9.17, 15) is 0 Å². The Hall–Kier alpha value is -8.98. The van der Waals surface area contributed by atoms with Crippen molar-refractivity contribution in [2.45, 2.75) is 5.41 Å². The average Bonchev–Trinajstić information content (AvgIpc) is 4.04. The Morgan fingerprint density at radius 2 is 0.797 bits per heavy atom. The molecular formula is C67H44N2. The molecule has 0 atom stereocenters. The Morgan fingerprint density at radius 3 is 1.54 bits per heavy atom. The maximum Gasteiger partial charge on any atom is 0.0726 e. The fourth-order valence-electron chi connectivity index (χ4n) is 12.0. The number of hydrogen-bond donors (Lipinski definition) is 0. The maximum absolute atomic E-state index is 2.48. The minimum Gasteiger partial charge on any atom is -0.310 e. The predicted molar refractivity (Wildman–Crippen MR) is 288 cm³/mol. The molecule has 0 bridgehead atoms. The van der Waals surface area contributed by atoms with E-state index in [1.54, 1.807) is 0 Å². The van der Waals surface area contributed by atoms with Gasteiger partial charge in [0.05, 0.1) is 22.1 Å². The summed E-state index contributed by atoms with van der Waals surface area (Å²) in [4.78, 5) is 2.48. The van der Waals surface area contributed by atoms with Crippen molar-refractivity contribution in [3.63, 3.8) is 0 Å². The summed E-state index contributed by atoms with van der Waals surface area (Å²) in [5, 5.41) is 2.52. The van der Waals surface area contributed by atoms with Gasteiger partial charge >= 0.3 is 0 Å². The zero-order valence-electron chi connectivity index (χ0n) is 37.8. The van der Waals surface area contributed by atoms with Gasteiger partial charge in [0, 0.05) is 33.4 Å². The van der Waals surface area contributed by atoms with Crippen molar-refractivity contribution >= 4 is 38.9 Å². The van der Waals surface area contributed by atoms with Crippen LogP contribution in [0.2, 0.25) is 0 Å². The molecule has 69 heavy (non-hydrogen) atoms. The molecule has 0 unspecified atom stereocenters. The Balaban J connectivity index is 0.923. The highest BCUT2D eigenvalue weighted by atomic mass is 15.1. The number of hydrogen-bond acceptors (Lipinski definition) is 1. The summed E-state index contributed by atoms with van der Waals surface area (Å²) in [7, 11) is 0. The first kappa shape index (κ1) is 39.2. The van der Waals surface area contributed by atoms with E-state index in [-0.39, 0.29) is 0 Å². The van der Waals surface area contributed by atoms with E-state index in [1.807, 2.05) is 0 Å². The van der Waals surface area contributed by atoms with E-state index in [1.165, 1.54) is 94.1 Å². The molecule has 0 aliphatic heterocycles. The van der Waals surface area contributed by atoms with Crippen LogP contribution in [0.3, 0.4) is 0 Å². The molecule has 1 heterocycles. The normalized spacial score (nSPS) is 12.8. The van der Waals surface area contributed by atoms with Crippen molar-refractivity contribution in [1.29, 1.82) is 0 Å². The Labute approximate surface area is 402 Å². The average molecular weight is 877 g/mol. The third kappa shape index (κ3) is 5.86. The molecule has 0 amide bonds. The van der Waals surface area contributed by atoms with Crippen molar-refractivity contribution in [3.8, 4) is 61.3 Å². The van der Waals surface area contributed by atoms with Crippen LogP contribution in [0, 0.1) is 0 Å². The van der Waals surface area contributed by atoms with Gasteiger partial charge in [0.1, 0.15) is 0 Å². The van der Waals surface area contributed by atoms with Crippen LogP contribution in [0.25, 0.3) is 83.1 Å². The van der Waals surface area contributed by atoms with E-state index in [0.717, 1.165) is 28.3 Å². The van der Waals surface area contributed by atoms with E-state index in [2.05, 4.69) is 276 Å². The van der Waals surface area contributed by atoms with Gasteiger partial charge in [0.15, 0.2) is 0 Å². The lowest BCUT2D eigenvalue weighted by Gasteiger charge is -2.32. The molecular weight excluding hydrogens is 833 g/mol. The Bertz CT molecular complexity index is 3890. The SMILES string of the molecule is c1ccc(-c2ccc(N(c3cccc(-c4ccc(-c5cccc6c5c5ccccc5n6-c5ccccc5)cc4)c3)c3cccc4c3-c3ccccc3C43c4ccccc4-c4ccccc43)cc2)cc1. The summed E-state index contributed by atoms with van der Waals surface area (Å²) in [6.45, 7) is 0. The molecule has 0 fully saturated rings. The lowest BCUT2D eigenvalue weighted by molar-refractivity contribution is 0.794. The van der Waals surface area contributed by atoms with Crippen molar-refractivity contribution < 1.29 is 0 Å². The lowest BCUT2D eigenvalue weighted by atomic mass is 9.70. The van der Waals surface area contributed by atoms with Crippen molar-refractivity contribution in [2.24, 2.45) is 0 Å². The van der Waals surface area contributed by atoms with Gasteiger partial charge < -0.3 is 9.47 Å². The second kappa shape index (κ2) is 15.6. The quantitative estimate of drug-likeness (QED) is 0.155. The summed E-state index contributed by atoms with van der Waals surface area (Å²) >= 11 is 0. The first-order chi connectivity index (χ1) is 34.3. The predicted octanol–water partition coefficient (Wildman–Crippen LogP) is 17.6. The number of nitrogens with zero attached hydrogens (tertiary/aromatic N) is 2. The molecule has 2 heteroatoms. The van der Waals surface area contributed by atoms with Gasteiger partial charge in [-0.3, -0.25) is 0 Å². The fraction of sp³-hybridized carbons (Fsp3) is 0.0149. The standard InChI is InChI=1S/C67H44N2/c1-3-18-45(19-4-1)46-40-42-51(43-41-46)68(64-35-17-32-61-66(64)56-26-9-13-31-60(56)67(61)58-29-11-7-24-54(58)55-25-8-12-30-59(55)67)52-23-15-20-49(44-52)47-36-38-48(39-37-47)53-28-16-34-63-65(53)57-27-10-14-33-62(57)69(63)50-21-5-2-6-22-50/h1-44H. The summed E-state index contributed by atoms with van der Waals surface area (Å²) < 4.78 is 2.39. The Kier molecular flexibility index (Phi) is 8.84. The molecule has 14 rings (SSSR count). The molecule has 0 N–H and O–H groups in total. The number of para-hydroxylation sites is 2. The zero-order chi connectivity index (χ0) is 45.5. The molecule has 12 aromatic rings. The van der Waals surface area contributed by atoms with Crippen molar-refractivity contribution in [3.05, 3.63) is 289 Å². The fourth-order valence-corrected chi connectivity index (χ4v) is 12.0. The van der Waals surface area contributed by atoms with Crippen LogP contribution < -0.4 is 4.90 Å². The highest BCUT2D eigenvalue weighted by molar-refractivity contribution is 6.16. The molecule has 2 aliphatic carbocycles.